The Bertz CT molecular complexity index is 604. The van der Waals surface area contributed by atoms with Crippen LogP contribution in [-0.4, -0.2) is 39.0 Å². The molecule has 1 aromatic carbocycles. The van der Waals surface area contributed by atoms with Crippen LogP contribution in [0.5, 0.6) is 5.75 Å². The fourth-order valence-electron chi connectivity index (χ4n) is 2.58. The van der Waals surface area contributed by atoms with Crippen molar-refractivity contribution in [3.63, 3.8) is 0 Å². The Morgan fingerprint density at radius 1 is 1.48 bits per heavy atom. The van der Waals surface area contributed by atoms with Crippen molar-refractivity contribution in [1.29, 1.82) is 0 Å². The van der Waals surface area contributed by atoms with Gasteiger partial charge >= 0.3 is 0 Å². The maximum atomic E-state index is 13.7. The van der Waals surface area contributed by atoms with Crippen LogP contribution in [0.1, 0.15) is 19.8 Å². The van der Waals surface area contributed by atoms with Gasteiger partial charge in [0.2, 0.25) is 10.0 Å². The highest BCUT2D eigenvalue weighted by molar-refractivity contribution is 7.89. The number of hydrogen-bond acceptors (Lipinski definition) is 4. The van der Waals surface area contributed by atoms with Gasteiger partial charge in [0.05, 0.1) is 12.0 Å². The summed E-state index contributed by atoms with van der Waals surface area (Å²) in [5.41, 5.74) is 5.88. The first kappa shape index (κ1) is 16.2. The van der Waals surface area contributed by atoms with Crippen LogP contribution in [0.2, 0.25) is 0 Å². The molecule has 0 aliphatic carbocycles. The Kier molecular flexibility index (Phi) is 4.85. The van der Waals surface area contributed by atoms with Crippen molar-refractivity contribution in [1.82, 2.24) is 4.31 Å². The minimum atomic E-state index is -3.69. The number of hydrogen-bond donors (Lipinski definition) is 1. The minimum absolute atomic E-state index is 0.0288. The molecular weight excluding hydrogens is 295 g/mol. The fourth-order valence-corrected chi connectivity index (χ4v) is 4.13. The fraction of sp³-hybridized carbons (Fsp3) is 0.571. The second-order valence-electron chi connectivity index (χ2n) is 5.42. The maximum absolute atomic E-state index is 13.7. The van der Waals surface area contributed by atoms with Gasteiger partial charge in [-0.15, -0.1) is 0 Å². The van der Waals surface area contributed by atoms with Crippen LogP contribution in [0.25, 0.3) is 0 Å². The highest BCUT2D eigenvalue weighted by Crippen LogP contribution is 2.27. The van der Waals surface area contributed by atoms with Gasteiger partial charge in [0.15, 0.2) is 11.6 Å². The summed E-state index contributed by atoms with van der Waals surface area (Å²) in [6, 6.07) is 3.64. The van der Waals surface area contributed by atoms with Crippen molar-refractivity contribution in [2.75, 3.05) is 20.2 Å². The van der Waals surface area contributed by atoms with Gasteiger partial charge in [-0.25, -0.2) is 12.8 Å². The molecule has 0 bridgehead atoms. The third-order valence-electron chi connectivity index (χ3n) is 3.93. The van der Waals surface area contributed by atoms with Crippen molar-refractivity contribution < 1.29 is 17.5 Å². The first-order valence-corrected chi connectivity index (χ1v) is 8.39. The van der Waals surface area contributed by atoms with E-state index in [1.807, 2.05) is 6.92 Å². The highest BCUT2D eigenvalue weighted by Gasteiger charge is 2.32. The highest BCUT2D eigenvalue weighted by atomic mass is 32.2. The number of nitrogens with zero attached hydrogens (tertiary/aromatic N) is 1. The van der Waals surface area contributed by atoms with E-state index in [0.717, 1.165) is 18.9 Å². The van der Waals surface area contributed by atoms with E-state index < -0.39 is 15.8 Å². The molecule has 0 amide bonds. The van der Waals surface area contributed by atoms with Crippen LogP contribution < -0.4 is 10.5 Å². The largest absolute Gasteiger partial charge is 0.494 e. The average Bonchev–Trinajstić information content (AvgIpc) is 2.47. The quantitative estimate of drug-likeness (QED) is 0.915. The molecule has 21 heavy (non-hydrogen) atoms. The number of piperidine rings is 1. The summed E-state index contributed by atoms with van der Waals surface area (Å²) in [6.07, 6.45) is 1.69. The molecule has 0 spiro atoms. The van der Waals surface area contributed by atoms with E-state index in [2.05, 4.69) is 0 Å². The van der Waals surface area contributed by atoms with E-state index in [4.69, 9.17) is 10.5 Å². The predicted molar refractivity (Wildman–Crippen MR) is 78.1 cm³/mol. The SMILES string of the molecule is COc1ccc(S(=O)(=O)N2CCCC(C(C)N)C2)cc1F. The zero-order valence-corrected chi connectivity index (χ0v) is 13.1. The molecular formula is C14H21FN2O3S. The lowest BCUT2D eigenvalue weighted by molar-refractivity contribution is 0.243. The Labute approximate surface area is 124 Å². The van der Waals surface area contributed by atoms with Crippen LogP contribution in [0.4, 0.5) is 4.39 Å². The molecule has 7 heteroatoms. The van der Waals surface area contributed by atoms with Crippen molar-refractivity contribution >= 4 is 10.0 Å². The number of sulfonamides is 1. The molecule has 2 unspecified atom stereocenters. The first-order valence-electron chi connectivity index (χ1n) is 6.95. The van der Waals surface area contributed by atoms with Crippen molar-refractivity contribution in [2.24, 2.45) is 11.7 Å². The van der Waals surface area contributed by atoms with Crippen LogP contribution in [-0.2, 0) is 10.0 Å². The zero-order valence-electron chi connectivity index (χ0n) is 12.3. The third kappa shape index (κ3) is 3.36. The van der Waals surface area contributed by atoms with Gasteiger partial charge in [0.1, 0.15) is 0 Å². The van der Waals surface area contributed by atoms with Crippen LogP contribution in [0, 0.1) is 11.7 Å². The van der Waals surface area contributed by atoms with Crippen LogP contribution in [0.15, 0.2) is 23.1 Å². The lowest BCUT2D eigenvalue weighted by Gasteiger charge is -2.33. The molecule has 118 valence electrons. The van der Waals surface area contributed by atoms with Crippen molar-refractivity contribution in [3.05, 3.63) is 24.0 Å². The normalized spacial score (nSPS) is 22.0. The molecule has 2 atom stereocenters. The van der Waals surface area contributed by atoms with E-state index in [9.17, 15) is 12.8 Å². The van der Waals surface area contributed by atoms with Gasteiger partial charge in [-0.05, 0) is 43.9 Å². The molecule has 1 aliphatic rings. The number of ether oxygens (including phenoxy) is 1. The second-order valence-corrected chi connectivity index (χ2v) is 7.36. The zero-order chi connectivity index (χ0) is 15.6. The Balaban J connectivity index is 2.27. The van der Waals surface area contributed by atoms with Crippen molar-refractivity contribution in [3.8, 4) is 5.75 Å². The summed E-state index contributed by atoms with van der Waals surface area (Å²) in [6.45, 7) is 2.71. The standard InChI is InChI=1S/C14H21FN2O3S/c1-10(16)11-4-3-7-17(9-11)21(18,19)12-5-6-14(20-2)13(15)8-12/h5-6,8,10-11H,3-4,7,9,16H2,1-2H3. The molecule has 0 aromatic heterocycles. The second kappa shape index (κ2) is 6.29. The van der Waals surface area contributed by atoms with Gasteiger partial charge in [0.25, 0.3) is 0 Å². The Morgan fingerprint density at radius 3 is 2.76 bits per heavy atom. The number of rotatable bonds is 4. The lowest BCUT2D eigenvalue weighted by atomic mass is 9.93. The summed E-state index contributed by atoms with van der Waals surface area (Å²) in [4.78, 5) is -0.0499. The summed E-state index contributed by atoms with van der Waals surface area (Å²) in [7, 11) is -2.36. The van der Waals surface area contributed by atoms with E-state index >= 15 is 0 Å². The molecule has 1 aliphatic heterocycles. The Morgan fingerprint density at radius 2 is 2.19 bits per heavy atom. The number of nitrogens with two attached hydrogens (primary N) is 1. The summed E-state index contributed by atoms with van der Waals surface area (Å²) in [5.74, 6) is -0.517. The Hall–Kier alpha value is -1.18. The number of benzene rings is 1. The van der Waals surface area contributed by atoms with E-state index in [0.29, 0.717) is 13.1 Å². The van der Waals surface area contributed by atoms with Gasteiger partial charge in [-0.3, -0.25) is 0 Å². The van der Waals surface area contributed by atoms with E-state index in [1.165, 1.54) is 23.5 Å². The number of halogens is 1. The summed E-state index contributed by atoms with van der Waals surface area (Å²) >= 11 is 0. The molecule has 0 radical (unpaired) electrons. The smallest absolute Gasteiger partial charge is 0.243 e. The molecule has 1 aromatic rings. The van der Waals surface area contributed by atoms with Gasteiger partial charge < -0.3 is 10.5 Å². The molecule has 1 saturated heterocycles. The first-order chi connectivity index (χ1) is 9.86. The third-order valence-corrected chi connectivity index (χ3v) is 5.79. The summed E-state index contributed by atoms with van der Waals surface area (Å²) in [5, 5.41) is 0. The van der Waals surface area contributed by atoms with Gasteiger partial charge in [0, 0.05) is 19.1 Å². The molecule has 1 fully saturated rings. The molecule has 2 rings (SSSR count). The number of methoxy groups -OCH3 is 1. The summed E-state index contributed by atoms with van der Waals surface area (Å²) < 4.78 is 45.1. The molecule has 0 saturated carbocycles. The van der Waals surface area contributed by atoms with E-state index in [-0.39, 0.29) is 22.6 Å². The van der Waals surface area contributed by atoms with Gasteiger partial charge in [-0.1, -0.05) is 0 Å². The predicted octanol–water partition coefficient (Wildman–Crippen LogP) is 1.58. The molecule has 5 nitrogen and oxygen atoms in total. The minimum Gasteiger partial charge on any atom is -0.494 e. The van der Waals surface area contributed by atoms with E-state index in [1.54, 1.807) is 0 Å². The van der Waals surface area contributed by atoms with Crippen molar-refractivity contribution in [2.45, 2.75) is 30.7 Å². The maximum Gasteiger partial charge on any atom is 0.243 e. The molecule has 1 heterocycles. The van der Waals surface area contributed by atoms with Gasteiger partial charge in [-0.2, -0.15) is 4.31 Å². The molecule has 2 N–H and O–H groups in total. The van der Waals surface area contributed by atoms with Crippen LogP contribution in [0.3, 0.4) is 0 Å². The van der Waals surface area contributed by atoms with Crippen LogP contribution >= 0.6 is 0 Å². The topological polar surface area (TPSA) is 72.6 Å². The average molecular weight is 316 g/mol. The monoisotopic (exact) mass is 316 g/mol. The lowest BCUT2D eigenvalue weighted by Crippen LogP contribution is -2.44.